The third-order valence-electron chi connectivity index (χ3n) is 3.73. The van der Waals surface area contributed by atoms with Crippen molar-refractivity contribution in [3.05, 3.63) is 54.6 Å². The van der Waals surface area contributed by atoms with Crippen molar-refractivity contribution in [3.8, 4) is 0 Å². The van der Waals surface area contributed by atoms with Crippen molar-refractivity contribution < 1.29 is 4.79 Å². The number of benzene rings is 2. The molecule has 0 bridgehead atoms. The van der Waals surface area contributed by atoms with Crippen LogP contribution in [0.1, 0.15) is 19.3 Å². The van der Waals surface area contributed by atoms with Gasteiger partial charge in [0.15, 0.2) is 0 Å². The molecular formula is C18H21ClN2OS. The van der Waals surface area contributed by atoms with Crippen molar-refractivity contribution in [1.29, 1.82) is 0 Å². The van der Waals surface area contributed by atoms with Crippen LogP contribution in [0, 0.1) is 0 Å². The fourth-order valence-corrected chi connectivity index (χ4v) is 3.55. The van der Waals surface area contributed by atoms with Gasteiger partial charge in [-0.15, -0.1) is 12.4 Å². The number of hydrogen-bond acceptors (Lipinski definition) is 3. The quantitative estimate of drug-likeness (QED) is 0.844. The summed E-state index contributed by atoms with van der Waals surface area (Å²) in [4.78, 5) is 14.5. The van der Waals surface area contributed by atoms with Gasteiger partial charge in [-0.2, -0.15) is 0 Å². The average molecular weight is 349 g/mol. The third-order valence-corrected chi connectivity index (χ3v) is 4.81. The summed E-state index contributed by atoms with van der Waals surface area (Å²) in [5, 5.41) is 6.42. The van der Waals surface area contributed by atoms with Crippen LogP contribution in [0.4, 0.5) is 5.69 Å². The standard InChI is InChI=1S/C18H20N2OS.ClH/c21-18(13-14-7-6-12-19-14)20-16-10-4-5-11-17(16)22-15-8-2-1-3-9-15;/h1-5,8-11,14,19H,6-7,12-13H2,(H,20,21);1H. The van der Waals surface area contributed by atoms with Gasteiger partial charge in [-0.3, -0.25) is 4.79 Å². The molecule has 1 aliphatic rings. The molecule has 1 heterocycles. The first-order valence-electron chi connectivity index (χ1n) is 7.66. The molecule has 0 saturated carbocycles. The Morgan fingerprint density at radius 3 is 2.61 bits per heavy atom. The Hall–Kier alpha value is -1.49. The molecule has 0 radical (unpaired) electrons. The zero-order chi connectivity index (χ0) is 15.2. The molecule has 2 aromatic carbocycles. The lowest BCUT2D eigenvalue weighted by atomic mass is 10.1. The largest absolute Gasteiger partial charge is 0.325 e. The van der Waals surface area contributed by atoms with E-state index in [1.807, 2.05) is 42.5 Å². The van der Waals surface area contributed by atoms with Gasteiger partial charge in [0.05, 0.1) is 5.69 Å². The van der Waals surface area contributed by atoms with Crippen molar-refractivity contribution in [2.45, 2.75) is 35.1 Å². The maximum absolute atomic E-state index is 12.2. The minimum atomic E-state index is 0. The molecule has 0 aromatic heterocycles. The van der Waals surface area contributed by atoms with Gasteiger partial charge < -0.3 is 10.6 Å². The summed E-state index contributed by atoms with van der Waals surface area (Å²) in [5.74, 6) is 0.0838. The van der Waals surface area contributed by atoms with E-state index in [9.17, 15) is 4.79 Å². The van der Waals surface area contributed by atoms with Crippen LogP contribution >= 0.6 is 24.2 Å². The van der Waals surface area contributed by atoms with Gasteiger partial charge >= 0.3 is 0 Å². The van der Waals surface area contributed by atoms with Crippen LogP contribution in [-0.2, 0) is 4.79 Å². The Balaban J connectivity index is 0.00000192. The summed E-state index contributed by atoms with van der Waals surface area (Å²) in [6.45, 7) is 1.03. The molecule has 122 valence electrons. The summed E-state index contributed by atoms with van der Waals surface area (Å²) < 4.78 is 0. The average Bonchev–Trinajstić information content (AvgIpc) is 3.03. The number of halogens is 1. The number of anilines is 1. The minimum absolute atomic E-state index is 0. The topological polar surface area (TPSA) is 41.1 Å². The SMILES string of the molecule is Cl.O=C(CC1CCCN1)Nc1ccccc1Sc1ccccc1. The van der Waals surface area contributed by atoms with E-state index in [4.69, 9.17) is 0 Å². The van der Waals surface area contributed by atoms with Crippen molar-refractivity contribution in [2.75, 3.05) is 11.9 Å². The lowest BCUT2D eigenvalue weighted by Gasteiger charge is -2.13. The van der Waals surface area contributed by atoms with Gasteiger partial charge in [-0.1, -0.05) is 42.1 Å². The summed E-state index contributed by atoms with van der Waals surface area (Å²) in [7, 11) is 0. The Bertz CT molecular complexity index is 630. The maximum atomic E-state index is 12.2. The van der Waals surface area contributed by atoms with E-state index in [0.29, 0.717) is 12.5 Å². The van der Waals surface area contributed by atoms with Crippen molar-refractivity contribution >= 4 is 35.8 Å². The Kier molecular flexibility index (Phi) is 6.96. The second-order valence-corrected chi connectivity index (χ2v) is 6.57. The molecular weight excluding hydrogens is 328 g/mol. The normalized spacial score (nSPS) is 16.6. The van der Waals surface area contributed by atoms with E-state index < -0.39 is 0 Å². The molecule has 5 heteroatoms. The van der Waals surface area contributed by atoms with Crippen molar-refractivity contribution in [3.63, 3.8) is 0 Å². The number of carbonyl (C=O) groups is 1. The molecule has 0 aliphatic carbocycles. The van der Waals surface area contributed by atoms with Gasteiger partial charge in [0.1, 0.15) is 0 Å². The molecule has 1 atom stereocenters. The molecule has 2 aromatic rings. The molecule has 23 heavy (non-hydrogen) atoms. The van der Waals surface area contributed by atoms with E-state index in [1.54, 1.807) is 11.8 Å². The highest BCUT2D eigenvalue weighted by Crippen LogP contribution is 2.33. The van der Waals surface area contributed by atoms with Crippen LogP contribution in [0.3, 0.4) is 0 Å². The van der Waals surface area contributed by atoms with Crippen LogP contribution in [0.15, 0.2) is 64.4 Å². The molecule has 1 saturated heterocycles. The maximum Gasteiger partial charge on any atom is 0.225 e. The highest BCUT2D eigenvalue weighted by atomic mass is 35.5. The summed E-state index contributed by atoms with van der Waals surface area (Å²) >= 11 is 1.67. The fourth-order valence-electron chi connectivity index (χ4n) is 2.63. The lowest BCUT2D eigenvalue weighted by Crippen LogP contribution is -2.27. The lowest BCUT2D eigenvalue weighted by molar-refractivity contribution is -0.116. The number of rotatable bonds is 5. The summed E-state index contributed by atoms with van der Waals surface area (Å²) in [6.07, 6.45) is 2.80. The molecule has 1 unspecified atom stereocenters. The van der Waals surface area contributed by atoms with Crippen LogP contribution in [0.2, 0.25) is 0 Å². The predicted octanol–water partition coefficient (Wildman–Crippen LogP) is 4.34. The Labute approximate surface area is 147 Å². The smallest absolute Gasteiger partial charge is 0.225 e. The van der Waals surface area contributed by atoms with Crippen LogP contribution in [-0.4, -0.2) is 18.5 Å². The molecule has 3 rings (SSSR count). The van der Waals surface area contributed by atoms with Crippen LogP contribution in [0.25, 0.3) is 0 Å². The van der Waals surface area contributed by atoms with Gasteiger partial charge in [-0.05, 0) is 43.7 Å². The number of para-hydroxylation sites is 1. The van der Waals surface area contributed by atoms with Gasteiger partial charge in [0, 0.05) is 22.3 Å². The second-order valence-electron chi connectivity index (χ2n) is 5.46. The molecule has 1 amide bonds. The molecule has 1 fully saturated rings. The first-order valence-corrected chi connectivity index (χ1v) is 8.48. The number of carbonyl (C=O) groups excluding carboxylic acids is 1. The predicted molar refractivity (Wildman–Crippen MR) is 98.5 cm³/mol. The molecule has 2 N–H and O–H groups in total. The van der Waals surface area contributed by atoms with E-state index in [2.05, 4.69) is 22.8 Å². The second kappa shape index (κ2) is 8.96. The highest BCUT2D eigenvalue weighted by molar-refractivity contribution is 7.99. The third kappa shape index (κ3) is 5.27. The first kappa shape index (κ1) is 17.9. The van der Waals surface area contributed by atoms with Crippen LogP contribution in [0.5, 0.6) is 0 Å². The highest BCUT2D eigenvalue weighted by Gasteiger charge is 2.18. The number of amides is 1. The summed E-state index contributed by atoms with van der Waals surface area (Å²) in [5.41, 5.74) is 0.888. The van der Waals surface area contributed by atoms with Crippen molar-refractivity contribution in [1.82, 2.24) is 5.32 Å². The van der Waals surface area contributed by atoms with Gasteiger partial charge in [-0.25, -0.2) is 0 Å². The van der Waals surface area contributed by atoms with Gasteiger partial charge in [0.2, 0.25) is 5.91 Å². The minimum Gasteiger partial charge on any atom is -0.325 e. The monoisotopic (exact) mass is 348 g/mol. The number of hydrogen-bond donors (Lipinski definition) is 2. The van der Waals surface area contributed by atoms with Crippen LogP contribution < -0.4 is 10.6 Å². The van der Waals surface area contributed by atoms with E-state index in [1.165, 1.54) is 11.3 Å². The molecule has 3 nitrogen and oxygen atoms in total. The molecule has 0 spiro atoms. The number of nitrogens with one attached hydrogen (secondary N) is 2. The Morgan fingerprint density at radius 2 is 1.87 bits per heavy atom. The zero-order valence-electron chi connectivity index (χ0n) is 12.8. The van der Waals surface area contributed by atoms with E-state index >= 15 is 0 Å². The van der Waals surface area contributed by atoms with E-state index in [-0.39, 0.29) is 18.3 Å². The van der Waals surface area contributed by atoms with Crippen molar-refractivity contribution in [2.24, 2.45) is 0 Å². The zero-order valence-corrected chi connectivity index (χ0v) is 14.5. The Morgan fingerprint density at radius 1 is 1.13 bits per heavy atom. The van der Waals surface area contributed by atoms with Gasteiger partial charge in [0.25, 0.3) is 0 Å². The van der Waals surface area contributed by atoms with E-state index in [0.717, 1.165) is 23.5 Å². The molecule has 1 aliphatic heterocycles. The first-order chi connectivity index (χ1) is 10.8. The fraction of sp³-hybridized carbons (Fsp3) is 0.278. The summed E-state index contributed by atoms with van der Waals surface area (Å²) in [6, 6.07) is 18.5.